The number of nitrogens with zero attached hydrogens (tertiary/aromatic N) is 2. The maximum absolute atomic E-state index is 6.04. The zero-order chi connectivity index (χ0) is 14.0. The highest BCUT2D eigenvalue weighted by atomic mass is 79.9. The van der Waals surface area contributed by atoms with Crippen molar-refractivity contribution in [3.8, 4) is 5.69 Å². The van der Waals surface area contributed by atoms with Crippen LogP contribution in [0.4, 0.5) is 0 Å². The van der Waals surface area contributed by atoms with E-state index in [0.29, 0.717) is 5.02 Å². The van der Waals surface area contributed by atoms with Crippen LogP contribution in [-0.4, -0.2) is 15.8 Å². The van der Waals surface area contributed by atoms with E-state index >= 15 is 0 Å². The standard InChI is InChI=1S/C14H17BrClN3/c1-3-11(17)6-10-4-5-14(12(15)7-10)19-8-13(16)9(2)18-19/h4-5,7-8,11H,3,6,17H2,1-2H3. The summed E-state index contributed by atoms with van der Waals surface area (Å²) < 4.78 is 2.78. The summed E-state index contributed by atoms with van der Waals surface area (Å²) in [6.45, 7) is 3.99. The van der Waals surface area contributed by atoms with Gasteiger partial charge in [0, 0.05) is 16.7 Å². The molecule has 1 atom stereocenters. The van der Waals surface area contributed by atoms with Crippen LogP contribution in [0.5, 0.6) is 0 Å². The molecule has 1 aromatic heterocycles. The van der Waals surface area contributed by atoms with Gasteiger partial charge in [0.25, 0.3) is 0 Å². The van der Waals surface area contributed by atoms with E-state index in [0.717, 1.165) is 28.7 Å². The van der Waals surface area contributed by atoms with Crippen molar-refractivity contribution < 1.29 is 0 Å². The summed E-state index contributed by atoms with van der Waals surface area (Å²) in [5.41, 5.74) is 9.00. The molecule has 2 aromatic rings. The Labute approximate surface area is 126 Å². The lowest BCUT2D eigenvalue weighted by Crippen LogP contribution is -2.21. The molecule has 0 radical (unpaired) electrons. The fraction of sp³-hybridized carbons (Fsp3) is 0.357. The second-order valence-corrected chi connectivity index (χ2v) is 5.93. The highest BCUT2D eigenvalue weighted by Gasteiger charge is 2.09. The van der Waals surface area contributed by atoms with E-state index in [1.807, 2.05) is 19.2 Å². The molecule has 0 aliphatic carbocycles. The number of nitrogens with two attached hydrogens (primary N) is 1. The quantitative estimate of drug-likeness (QED) is 0.916. The first-order valence-electron chi connectivity index (χ1n) is 6.27. The summed E-state index contributed by atoms with van der Waals surface area (Å²) in [6.07, 6.45) is 3.68. The van der Waals surface area contributed by atoms with Crippen LogP contribution in [0.25, 0.3) is 5.69 Å². The molecule has 0 aliphatic heterocycles. The van der Waals surface area contributed by atoms with Gasteiger partial charge in [0.05, 0.1) is 16.4 Å². The molecule has 0 saturated heterocycles. The molecule has 0 bridgehead atoms. The molecule has 19 heavy (non-hydrogen) atoms. The predicted octanol–water partition coefficient (Wildman–Crippen LogP) is 3.88. The summed E-state index contributed by atoms with van der Waals surface area (Å²) in [5, 5.41) is 5.05. The van der Waals surface area contributed by atoms with Crippen LogP contribution in [-0.2, 0) is 6.42 Å². The molecule has 0 saturated carbocycles. The molecule has 0 fully saturated rings. The number of rotatable bonds is 4. The largest absolute Gasteiger partial charge is 0.327 e. The van der Waals surface area contributed by atoms with Gasteiger partial charge in [-0.2, -0.15) is 5.10 Å². The zero-order valence-corrected chi connectivity index (χ0v) is 13.4. The molecule has 3 nitrogen and oxygen atoms in total. The summed E-state index contributed by atoms with van der Waals surface area (Å²) in [7, 11) is 0. The van der Waals surface area contributed by atoms with Crippen molar-refractivity contribution in [3.63, 3.8) is 0 Å². The molecule has 1 unspecified atom stereocenters. The third-order valence-corrected chi connectivity index (χ3v) is 4.13. The Hall–Kier alpha value is -0.840. The highest BCUT2D eigenvalue weighted by Crippen LogP contribution is 2.25. The van der Waals surface area contributed by atoms with Crippen LogP contribution < -0.4 is 5.73 Å². The third-order valence-electron chi connectivity index (χ3n) is 3.12. The molecule has 102 valence electrons. The molecule has 2 rings (SSSR count). The molecule has 1 heterocycles. The van der Waals surface area contributed by atoms with E-state index in [1.54, 1.807) is 4.68 Å². The Morgan fingerprint density at radius 2 is 2.21 bits per heavy atom. The van der Waals surface area contributed by atoms with Crippen LogP contribution in [0.3, 0.4) is 0 Å². The lowest BCUT2D eigenvalue weighted by Gasteiger charge is -2.11. The first kappa shape index (κ1) is 14.6. The first-order chi connectivity index (χ1) is 9.01. The van der Waals surface area contributed by atoms with Gasteiger partial charge in [0.2, 0.25) is 0 Å². The smallest absolute Gasteiger partial charge is 0.0819 e. The van der Waals surface area contributed by atoms with Gasteiger partial charge in [-0.15, -0.1) is 0 Å². The van der Waals surface area contributed by atoms with Gasteiger partial charge < -0.3 is 5.73 Å². The predicted molar refractivity (Wildman–Crippen MR) is 83.0 cm³/mol. The molecule has 2 N–H and O–H groups in total. The maximum Gasteiger partial charge on any atom is 0.0819 e. The molecular formula is C14H17BrClN3. The number of aromatic nitrogens is 2. The monoisotopic (exact) mass is 341 g/mol. The average Bonchev–Trinajstić information content (AvgIpc) is 2.69. The lowest BCUT2D eigenvalue weighted by atomic mass is 10.0. The Bertz CT molecular complexity index is 561. The summed E-state index contributed by atoms with van der Waals surface area (Å²) >= 11 is 9.62. The molecule has 0 aliphatic rings. The van der Waals surface area contributed by atoms with Crippen molar-refractivity contribution in [3.05, 3.63) is 45.1 Å². The van der Waals surface area contributed by atoms with Gasteiger partial charge >= 0.3 is 0 Å². The van der Waals surface area contributed by atoms with Crippen molar-refractivity contribution in [2.45, 2.75) is 32.7 Å². The number of hydrogen-bond donors (Lipinski definition) is 1. The Morgan fingerprint density at radius 1 is 1.47 bits per heavy atom. The number of halogens is 2. The summed E-state index contributed by atoms with van der Waals surface area (Å²) in [6, 6.07) is 6.42. The van der Waals surface area contributed by atoms with Crippen LogP contribution in [0.15, 0.2) is 28.9 Å². The van der Waals surface area contributed by atoms with Crippen LogP contribution in [0.1, 0.15) is 24.6 Å². The second-order valence-electron chi connectivity index (χ2n) is 4.67. The molecule has 0 amide bonds. The van der Waals surface area contributed by atoms with Crippen LogP contribution in [0, 0.1) is 6.92 Å². The summed E-state index contributed by atoms with van der Waals surface area (Å²) in [5.74, 6) is 0. The van der Waals surface area contributed by atoms with Crippen molar-refractivity contribution in [1.29, 1.82) is 0 Å². The van der Waals surface area contributed by atoms with Crippen molar-refractivity contribution in [1.82, 2.24) is 9.78 Å². The Balaban J connectivity index is 2.29. The highest BCUT2D eigenvalue weighted by molar-refractivity contribution is 9.10. The minimum atomic E-state index is 0.208. The third kappa shape index (κ3) is 3.38. The van der Waals surface area contributed by atoms with Gasteiger partial charge in [0.1, 0.15) is 0 Å². The number of aryl methyl sites for hydroxylation is 1. The van der Waals surface area contributed by atoms with Gasteiger partial charge in [0.15, 0.2) is 0 Å². The van der Waals surface area contributed by atoms with Crippen LogP contribution >= 0.6 is 27.5 Å². The molecule has 1 aromatic carbocycles. The molecule has 5 heteroatoms. The van der Waals surface area contributed by atoms with Gasteiger partial charge in [-0.1, -0.05) is 24.6 Å². The Morgan fingerprint density at radius 3 is 2.74 bits per heavy atom. The topological polar surface area (TPSA) is 43.8 Å². The second kappa shape index (κ2) is 6.07. The Kier molecular flexibility index (Phi) is 4.66. The fourth-order valence-corrected chi connectivity index (χ4v) is 2.61. The molecular weight excluding hydrogens is 326 g/mol. The van der Waals surface area contributed by atoms with Crippen LogP contribution in [0.2, 0.25) is 5.02 Å². The molecule has 0 spiro atoms. The lowest BCUT2D eigenvalue weighted by molar-refractivity contribution is 0.646. The minimum absolute atomic E-state index is 0.208. The minimum Gasteiger partial charge on any atom is -0.327 e. The van der Waals surface area contributed by atoms with E-state index in [2.05, 4.69) is 40.1 Å². The van der Waals surface area contributed by atoms with E-state index in [4.69, 9.17) is 17.3 Å². The maximum atomic E-state index is 6.04. The van der Waals surface area contributed by atoms with Crippen molar-refractivity contribution >= 4 is 27.5 Å². The van der Waals surface area contributed by atoms with Crippen molar-refractivity contribution in [2.24, 2.45) is 5.73 Å². The van der Waals surface area contributed by atoms with Gasteiger partial charge in [-0.05, 0) is 53.4 Å². The van der Waals surface area contributed by atoms with Crippen molar-refractivity contribution in [2.75, 3.05) is 0 Å². The normalized spacial score (nSPS) is 12.7. The van der Waals surface area contributed by atoms with E-state index in [-0.39, 0.29) is 6.04 Å². The van der Waals surface area contributed by atoms with Gasteiger partial charge in [-0.25, -0.2) is 4.68 Å². The average molecular weight is 343 g/mol. The van der Waals surface area contributed by atoms with E-state index < -0.39 is 0 Å². The zero-order valence-electron chi connectivity index (χ0n) is 11.0. The fourth-order valence-electron chi connectivity index (χ4n) is 1.87. The van der Waals surface area contributed by atoms with Gasteiger partial charge in [-0.3, -0.25) is 0 Å². The SMILES string of the molecule is CCC(N)Cc1ccc(-n2cc(Cl)c(C)n2)c(Br)c1. The first-order valence-corrected chi connectivity index (χ1v) is 7.44. The van der Waals surface area contributed by atoms with E-state index in [9.17, 15) is 0 Å². The van der Waals surface area contributed by atoms with E-state index in [1.165, 1.54) is 5.56 Å². The number of benzene rings is 1. The number of hydrogen-bond acceptors (Lipinski definition) is 2. The summed E-state index contributed by atoms with van der Waals surface area (Å²) in [4.78, 5) is 0.